The molecule has 0 amide bonds. The summed E-state index contributed by atoms with van der Waals surface area (Å²) in [6.45, 7) is 0. The maximum atomic E-state index is 13.6. The van der Waals surface area contributed by atoms with Crippen LogP contribution >= 0.6 is 11.6 Å². The van der Waals surface area contributed by atoms with Crippen molar-refractivity contribution in [2.45, 2.75) is 0 Å². The number of hydrogen-bond donors (Lipinski definition) is 2. The largest absolute Gasteiger partial charge is 0.478 e. The van der Waals surface area contributed by atoms with E-state index in [2.05, 4.69) is 5.32 Å². The molecule has 0 aromatic heterocycles. The number of benzene rings is 2. The lowest BCUT2D eigenvalue weighted by atomic mass is 10.1. The Morgan fingerprint density at radius 1 is 1.24 bits per heavy atom. The summed E-state index contributed by atoms with van der Waals surface area (Å²) in [4.78, 5) is 21.2. The zero-order valence-electron chi connectivity index (χ0n) is 10.3. The van der Waals surface area contributed by atoms with Gasteiger partial charge in [-0.2, -0.15) is 0 Å². The summed E-state index contributed by atoms with van der Waals surface area (Å²) < 4.78 is 13.6. The van der Waals surface area contributed by atoms with Crippen molar-refractivity contribution >= 4 is 34.6 Å². The molecule has 0 saturated carbocycles. The van der Waals surface area contributed by atoms with Crippen molar-refractivity contribution < 1.29 is 19.2 Å². The van der Waals surface area contributed by atoms with Crippen LogP contribution in [0.5, 0.6) is 0 Å². The Labute approximate surface area is 122 Å². The van der Waals surface area contributed by atoms with E-state index in [1.807, 2.05) is 0 Å². The summed E-state index contributed by atoms with van der Waals surface area (Å²) in [6, 6.07) is 6.85. The SMILES string of the molecule is O=C(O)c1ccc([N+](=O)[O-])c(Nc2cc(Cl)ccc2F)c1. The van der Waals surface area contributed by atoms with Crippen molar-refractivity contribution in [3.8, 4) is 0 Å². The molecule has 0 aliphatic carbocycles. The van der Waals surface area contributed by atoms with Crippen molar-refractivity contribution in [2.24, 2.45) is 0 Å². The van der Waals surface area contributed by atoms with E-state index in [1.54, 1.807) is 0 Å². The van der Waals surface area contributed by atoms with E-state index < -0.39 is 16.7 Å². The first kappa shape index (κ1) is 14.7. The number of carbonyl (C=O) groups is 1. The molecule has 0 atom stereocenters. The second kappa shape index (κ2) is 5.76. The molecular formula is C13H8ClFN2O4. The van der Waals surface area contributed by atoms with Crippen LogP contribution in [0.4, 0.5) is 21.5 Å². The number of halogens is 2. The average molecular weight is 311 g/mol. The molecule has 8 heteroatoms. The molecular weight excluding hydrogens is 303 g/mol. The van der Waals surface area contributed by atoms with E-state index in [-0.39, 0.29) is 27.6 Å². The molecule has 2 aromatic carbocycles. The van der Waals surface area contributed by atoms with Crippen molar-refractivity contribution in [1.82, 2.24) is 0 Å². The van der Waals surface area contributed by atoms with Gasteiger partial charge in [0.05, 0.1) is 16.2 Å². The highest BCUT2D eigenvalue weighted by atomic mass is 35.5. The number of anilines is 2. The molecule has 108 valence electrons. The van der Waals surface area contributed by atoms with Gasteiger partial charge in [-0.05, 0) is 30.3 Å². The zero-order valence-corrected chi connectivity index (χ0v) is 11.1. The Morgan fingerprint density at radius 3 is 2.57 bits per heavy atom. The van der Waals surface area contributed by atoms with Crippen molar-refractivity contribution in [3.05, 3.63) is 62.9 Å². The summed E-state index contributed by atoms with van der Waals surface area (Å²) in [5.41, 5.74) is -0.765. The quantitative estimate of drug-likeness (QED) is 0.661. The zero-order chi connectivity index (χ0) is 15.6. The van der Waals surface area contributed by atoms with Crippen LogP contribution in [0.3, 0.4) is 0 Å². The smallest absolute Gasteiger partial charge is 0.335 e. The molecule has 0 aliphatic rings. The highest BCUT2D eigenvalue weighted by molar-refractivity contribution is 6.30. The fraction of sp³-hybridized carbons (Fsp3) is 0. The lowest BCUT2D eigenvalue weighted by Crippen LogP contribution is -2.02. The van der Waals surface area contributed by atoms with Crippen LogP contribution in [0.2, 0.25) is 5.02 Å². The first-order valence-corrected chi connectivity index (χ1v) is 6.00. The first-order chi connectivity index (χ1) is 9.88. The van der Waals surface area contributed by atoms with Crippen LogP contribution in [-0.4, -0.2) is 16.0 Å². The van der Waals surface area contributed by atoms with Gasteiger partial charge in [0, 0.05) is 11.1 Å². The minimum absolute atomic E-state index is 0.0897. The van der Waals surface area contributed by atoms with Gasteiger partial charge in [0.25, 0.3) is 5.69 Å². The van der Waals surface area contributed by atoms with Crippen LogP contribution in [0.15, 0.2) is 36.4 Å². The average Bonchev–Trinajstić information content (AvgIpc) is 2.42. The maximum absolute atomic E-state index is 13.6. The van der Waals surface area contributed by atoms with Crippen molar-refractivity contribution in [2.75, 3.05) is 5.32 Å². The van der Waals surface area contributed by atoms with E-state index in [4.69, 9.17) is 16.7 Å². The molecule has 0 saturated heterocycles. The van der Waals surface area contributed by atoms with Gasteiger partial charge < -0.3 is 10.4 Å². The van der Waals surface area contributed by atoms with Crippen LogP contribution in [0.1, 0.15) is 10.4 Å². The van der Waals surface area contributed by atoms with E-state index in [9.17, 15) is 19.3 Å². The molecule has 0 spiro atoms. The summed E-state index contributed by atoms with van der Waals surface area (Å²) >= 11 is 5.73. The first-order valence-electron chi connectivity index (χ1n) is 5.62. The maximum Gasteiger partial charge on any atom is 0.335 e. The van der Waals surface area contributed by atoms with Gasteiger partial charge >= 0.3 is 5.97 Å². The predicted molar refractivity (Wildman–Crippen MR) is 74.7 cm³/mol. The Bertz CT molecular complexity index is 736. The van der Waals surface area contributed by atoms with E-state index in [1.165, 1.54) is 12.1 Å². The third-order valence-electron chi connectivity index (χ3n) is 2.64. The number of aromatic carboxylic acids is 1. The van der Waals surface area contributed by atoms with Gasteiger partial charge in [-0.3, -0.25) is 10.1 Å². The summed E-state index contributed by atoms with van der Waals surface area (Å²) in [5.74, 6) is -1.92. The molecule has 21 heavy (non-hydrogen) atoms. The number of hydrogen-bond acceptors (Lipinski definition) is 4. The van der Waals surface area contributed by atoms with Crippen LogP contribution in [0, 0.1) is 15.9 Å². The Hall–Kier alpha value is -2.67. The number of nitro benzene ring substituents is 1. The Morgan fingerprint density at radius 2 is 1.95 bits per heavy atom. The molecule has 0 bridgehead atoms. The molecule has 0 unspecified atom stereocenters. The fourth-order valence-electron chi connectivity index (χ4n) is 1.67. The molecule has 0 fully saturated rings. The lowest BCUT2D eigenvalue weighted by Gasteiger charge is -2.09. The Kier molecular flexibility index (Phi) is 4.04. The molecule has 0 heterocycles. The predicted octanol–water partition coefficient (Wildman–Crippen LogP) is 3.83. The van der Waals surface area contributed by atoms with Crippen molar-refractivity contribution in [3.63, 3.8) is 0 Å². The third kappa shape index (κ3) is 3.26. The summed E-state index contributed by atoms with van der Waals surface area (Å²) in [5, 5.41) is 22.6. The number of nitro groups is 1. The minimum Gasteiger partial charge on any atom is -0.478 e. The molecule has 2 rings (SSSR count). The van der Waals surface area contributed by atoms with E-state index in [0.717, 1.165) is 24.3 Å². The van der Waals surface area contributed by atoms with Crippen LogP contribution < -0.4 is 5.32 Å². The highest BCUT2D eigenvalue weighted by Gasteiger charge is 2.18. The topological polar surface area (TPSA) is 92.5 Å². The number of carboxylic acids is 1. The number of nitrogens with one attached hydrogen (secondary N) is 1. The highest BCUT2D eigenvalue weighted by Crippen LogP contribution is 2.30. The minimum atomic E-state index is -1.25. The molecule has 0 radical (unpaired) electrons. The molecule has 6 nitrogen and oxygen atoms in total. The Balaban J connectivity index is 2.50. The lowest BCUT2D eigenvalue weighted by molar-refractivity contribution is -0.383. The molecule has 2 N–H and O–H groups in total. The summed E-state index contributed by atoms with van der Waals surface area (Å²) in [7, 11) is 0. The van der Waals surface area contributed by atoms with E-state index >= 15 is 0 Å². The second-order valence-corrected chi connectivity index (χ2v) is 4.48. The fourth-order valence-corrected chi connectivity index (χ4v) is 1.84. The van der Waals surface area contributed by atoms with E-state index in [0.29, 0.717) is 0 Å². The van der Waals surface area contributed by atoms with Gasteiger partial charge in [0.2, 0.25) is 0 Å². The van der Waals surface area contributed by atoms with Gasteiger partial charge in [-0.25, -0.2) is 9.18 Å². The van der Waals surface area contributed by atoms with Gasteiger partial charge in [-0.1, -0.05) is 11.6 Å². The number of nitrogens with zero attached hydrogens (tertiary/aromatic N) is 1. The molecule has 2 aromatic rings. The summed E-state index contributed by atoms with van der Waals surface area (Å²) in [6.07, 6.45) is 0. The normalized spacial score (nSPS) is 10.2. The standard InChI is InChI=1S/C13H8ClFN2O4/c14-8-2-3-9(15)10(6-8)16-11-5-7(13(18)19)1-4-12(11)17(20)21/h1-6,16H,(H,18,19). The van der Waals surface area contributed by atoms with Gasteiger partial charge in [0.15, 0.2) is 0 Å². The second-order valence-electron chi connectivity index (χ2n) is 4.04. The van der Waals surface area contributed by atoms with Gasteiger partial charge in [-0.15, -0.1) is 0 Å². The number of rotatable bonds is 4. The van der Waals surface area contributed by atoms with Crippen LogP contribution in [-0.2, 0) is 0 Å². The number of carboxylic acid groups (broad SMARTS) is 1. The molecule has 0 aliphatic heterocycles. The monoisotopic (exact) mass is 310 g/mol. The van der Waals surface area contributed by atoms with Crippen molar-refractivity contribution in [1.29, 1.82) is 0 Å². The van der Waals surface area contributed by atoms with Gasteiger partial charge in [0.1, 0.15) is 11.5 Å². The third-order valence-corrected chi connectivity index (χ3v) is 2.87. The van der Waals surface area contributed by atoms with Crippen LogP contribution in [0.25, 0.3) is 0 Å².